The molecule has 27 heavy (non-hydrogen) atoms. The van der Waals surface area contributed by atoms with Gasteiger partial charge in [0, 0.05) is 22.2 Å². The highest BCUT2D eigenvalue weighted by Crippen LogP contribution is 2.37. The third kappa shape index (κ3) is 6.21. The molecule has 0 unspecified atom stereocenters. The fourth-order valence-corrected chi connectivity index (χ4v) is 3.68. The summed E-state index contributed by atoms with van der Waals surface area (Å²) in [5, 5.41) is 4.12. The average Bonchev–Trinajstić information content (AvgIpc) is 3.10. The molecule has 0 saturated carbocycles. The number of alkyl halides is 3. The Hall–Kier alpha value is -0.560. The van der Waals surface area contributed by atoms with Crippen molar-refractivity contribution in [1.29, 1.82) is 0 Å². The molecule has 1 aromatic heterocycles. The fourth-order valence-electron chi connectivity index (χ4n) is 2.90. The first-order chi connectivity index (χ1) is 12.8. The number of hydrogen-bond acceptors (Lipinski definition) is 5. The first kappa shape index (κ1) is 21.2. The van der Waals surface area contributed by atoms with Crippen molar-refractivity contribution in [1.82, 2.24) is 19.9 Å². The summed E-state index contributed by atoms with van der Waals surface area (Å²) in [6.45, 7) is 4.08. The van der Waals surface area contributed by atoms with E-state index in [4.69, 9.17) is 58.0 Å². The Balaban J connectivity index is 1.78. The minimum absolute atomic E-state index is 0.0376. The molecular weight excluding hydrogens is 451 g/mol. The van der Waals surface area contributed by atoms with Crippen molar-refractivity contribution in [3.63, 3.8) is 0 Å². The van der Waals surface area contributed by atoms with Gasteiger partial charge in [0.2, 0.25) is 9.74 Å². The summed E-state index contributed by atoms with van der Waals surface area (Å²) in [7, 11) is 0. The number of likely N-dealkylation sites (tertiary alicyclic amines) is 1. The molecule has 3 rings (SSSR count). The van der Waals surface area contributed by atoms with Gasteiger partial charge >= 0.3 is 0 Å². The predicted octanol–water partition coefficient (Wildman–Crippen LogP) is 5.57. The molecule has 0 aliphatic carbocycles. The van der Waals surface area contributed by atoms with Gasteiger partial charge in [-0.1, -0.05) is 58.0 Å². The van der Waals surface area contributed by atoms with Gasteiger partial charge in [-0.05, 0) is 57.1 Å². The molecule has 1 fully saturated rings. The van der Waals surface area contributed by atoms with Crippen molar-refractivity contribution in [3.05, 3.63) is 34.1 Å². The van der Waals surface area contributed by atoms with Crippen molar-refractivity contribution >= 4 is 64.0 Å². The van der Waals surface area contributed by atoms with E-state index in [1.54, 1.807) is 18.2 Å². The maximum atomic E-state index is 6.08. The number of benzene rings is 1. The van der Waals surface area contributed by atoms with Crippen LogP contribution in [0.1, 0.15) is 25.1 Å². The SMILES string of the molecule is Clc1cc(Cl)cc(-c2nc(NCCCN3CCCC3)nc(C(Cl)(Cl)Cl)n2)c1. The molecule has 0 amide bonds. The molecule has 2 aromatic rings. The van der Waals surface area contributed by atoms with Crippen LogP contribution in [-0.2, 0) is 3.79 Å². The van der Waals surface area contributed by atoms with E-state index < -0.39 is 3.79 Å². The van der Waals surface area contributed by atoms with Gasteiger partial charge in [-0.15, -0.1) is 0 Å². The maximum Gasteiger partial charge on any atom is 0.250 e. The summed E-state index contributed by atoms with van der Waals surface area (Å²) < 4.78 is -1.77. The predicted molar refractivity (Wildman–Crippen MR) is 113 cm³/mol. The standard InChI is InChI=1S/C17H18Cl5N5/c18-12-8-11(9-13(19)10-12)14-24-15(17(20,21)22)26-16(25-14)23-4-3-7-27-5-1-2-6-27/h8-10H,1-7H2,(H,23,24,25,26). The Morgan fingerprint density at radius 3 is 2.26 bits per heavy atom. The number of halogens is 5. The van der Waals surface area contributed by atoms with E-state index in [9.17, 15) is 0 Å². The molecule has 1 aromatic carbocycles. The normalized spacial score (nSPS) is 15.3. The molecule has 0 spiro atoms. The highest BCUT2D eigenvalue weighted by Gasteiger charge is 2.28. The van der Waals surface area contributed by atoms with Crippen LogP contribution >= 0.6 is 58.0 Å². The fraction of sp³-hybridized carbons (Fsp3) is 0.471. The summed E-state index contributed by atoms with van der Waals surface area (Å²) in [6.07, 6.45) is 3.52. The molecule has 2 heterocycles. The molecular formula is C17H18Cl5N5. The van der Waals surface area contributed by atoms with Crippen LogP contribution in [0.2, 0.25) is 10.0 Å². The molecule has 1 aliphatic rings. The number of hydrogen-bond donors (Lipinski definition) is 1. The largest absolute Gasteiger partial charge is 0.354 e. The van der Waals surface area contributed by atoms with Crippen molar-refractivity contribution in [2.75, 3.05) is 31.5 Å². The van der Waals surface area contributed by atoms with Gasteiger partial charge in [0.25, 0.3) is 0 Å². The van der Waals surface area contributed by atoms with E-state index >= 15 is 0 Å². The second-order valence-corrected chi connectivity index (χ2v) is 9.45. The monoisotopic (exact) mass is 467 g/mol. The van der Waals surface area contributed by atoms with Crippen molar-refractivity contribution in [2.45, 2.75) is 23.1 Å². The van der Waals surface area contributed by atoms with E-state index in [0.29, 0.717) is 33.9 Å². The van der Waals surface area contributed by atoms with Crippen LogP contribution in [0.25, 0.3) is 11.4 Å². The highest BCUT2D eigenvalue weighted by atomic mass is 35.6. The zero-order chi connectivity index (χ0) is 19.4. The summed E-state index contributed by atoms with van der Waals surface area (Å²) in [5.74, 6) is 0.715. The van der Waals surface area contributed by atoms with E-state index in [-0.39, 0.29) is 5.82 Å². The van der Waals surface area contributed by atoms with Crippen molar-refractivity contribution in [2.24, 2.45) is 0 Å². The van der Waals surface area contributed by atoms with Gasteiger partial charge in [-0.25, -0.2) is 4.98 Å². The van der Waals surface area contributed by atoms with Gasteiger partial charge in [0.1, 0.15) is 0 Å². The van der Waals surface area contributed by atoms with Crippen LogP contribution in [0.4, 0.5) is 5.95 Å². The second-order valence-electron chi connectivity index (χ2n) is 6.29. The van der Waals surface area contributed by atoms with E-state index in [1.165, 1.54) is 25.9 Å². The molecule has 0 bridgehead atoms. The quantitative estimate of drug-likeness (QED) is 0.443. The maximum absolute atomic E-state index is 6.08. The van der Waals surface area contributed by atoms with Gasteiger partial charge in [0.15, 0.2) is 11.6 Å². The summed E-state index contributed by atoms with van der Waals surface area (Å²) in [5.41, 5.74) is 0.616. The number of anilines is 1. The Labute approximate surface area is 183 Å². The zero-order valence-electron chi connectivity index (χ0n) is 14.4. The molecule has 10 heteroatoms. The van der Waals surface area contributed by atoms with Crippen LogP contribution in [0.15, 0.2) is 18.2 Å². The van der Waals surface area contributed by atoms with Crippen molar-refractivity contribution in [3.8, 4) is 11.4 Å². The van der Waals surface area contributed by atoms with E-state index in [2.05, 4.69) is 25.2 Å². The topological polar surface area (TPSA) is 53.9 Å². The molecule has 1 saturated heterocycles. The molecule has 146 valence electrons. The Morgan fingerprint density at radius 2 is 1.63 bits per heavy atom. The zero-order valence-corrected chi connectivity index (χ0v) is 18.1. The van der Waals surface area contributed by atoms with Gasteiger partial charge in [-0.3, -0.25) is 0 Å². The molecule has 5 nitrogen and oxygen atoms in total. The summed E-state index contributed by atoms with van der Waals surface area (Å²) >= 11 is 30.1. The van der Waals surface area contributed by atoms with Crippen LogP contribution in [0.5, 0.6) is 0 Å². The minimum Gasteiger partial charge on any atom is -0.354 e. The van der Waals surface area contributed by atoms with E-state index in [1.807, 2.05) is 0 Å². The Bertz CT molecular complexity index is 770. The van der Waals surface area contributed by atoms with Crippen LogP contribution in [-0.4, -0.2) is 46.0 Å². The lowest BCUT2D eigenvalue weighted by Crippen LogP contribution is -2.23. The van der Waals surface area contributed by atoms with Crippen LogP contribution < -0.4 is 5.32 Å². The molecule has 1 N–H and O–H groups in total. The average molecular weight is 470 g/mol. The van der Waals surface area contributed by atoms with Gasteiger partial charge in [0.05, 0.1) is 0 Å². The van der Waals surface area contributed by atoms with E-state index in [0.717, 1.165) is 13.0 Å². The van der Waals surface area contributed by atoms with Crippen LogP contribution in [0.3, 0.4) is 0 Å². The number of nitrogens with zero attached hydrogens (tertiary/aromatic N) is 4. The summed E-state index contributed by atoms with van der Waals surface area (Å²) in [6, 6.07) is 5.02. The lowest BCUT2D eigenvalue weighted by Gasteiger charge is -2.15. The third-order valence-electron chi connectivity index (χ3n) is 4.14. The lowest BCUT2D eigenvalue weighted by molar-refractivity contribution is 0.337. The van der Waals surface area contributed by atoms with Crippen molar-refractivity contribution < 1.29 is 0 Å². The first-order valence-corrected chi connectivity index (χ1v) is 10.5. The minimum atomic E-state index is -1.77. The number of rotatable bonds is 6. The number of aromatic nitrogens is 3. The molecule has 0 atom stereocenters. The lowest BCUT2D eigenvalue weighted by atomic mass is 10.2. The molecule has 1 aliphatic heterocycles. The van der Waals surface area contributed by atoms with Gasteiger partial charge < -0.3 is 10.2 Å². The smallest absolute Gasteiger partial charge is 0.250 e. The summed E-state index contributed by atoms with van der Waals surface area (Å²) in [4.78, 5) is 15.4. The van der Waals surface area contributed by atoms with Crippen LogP contribution in [0, 0.1) is 0 Å². The molecule has 0 radical (unpaired) electrons. The van der Waals surface area contributed by atoms with Gasteiger partial charge in [-0.2, -0.15) is 9.97 Å². The number of nitrogens with one attached hydrogen (secondary N) is 1. The third-order valence-corrected chi connectivity index (χ3v) is 5.09. The highest BCUT2D eigenvalue weighted by molar-refractivity contribution is 6.66. The Morgan fingerprint density at radius 1 is 0.963 bits per heavy atom. The first-order valence-electron chi connectivity index (χ1n) is 8.57. The Kier molecular flexibility index (Phi) is 7.28. The second kappa shape index (κ2) is 9.29.